The van der Waals surface area contributed by atoms with Crippen LogP contribution in [0.25, 0.3) is 33.5 Å². The van der Waals surface area contributed by atoms with E-state index in [9.17, 15) is 5.11 Å². The Kier molecular flexibility index (Phi) is 2.23. The first-order valence-corrected chi connectivity index (χ1v) is 6.35. The molecule has 20 heavy (non-hydrogen) atoms. The Hall–Kier alpha value is -2.88. The van der Waals surface area contributed by atoms with Crippen LogP contribution >= 0.6 is 0 Å². The minimum Gasteiger partial charge on any atom is -0.506 e. The largest absolute Gasteiger partial charge is 0.506 e. The van der Waals surface area contributed by atoms with Crippen LogP contribution in [0.5, 0.6) is 5.75 Å². The molecular weight excluding hydrogens is 250 g/mol. The number of phenolic OH excluding ortho intramolecular Hbond substituents is 1. The van der Waals surface area contributed by atoms with Gasteiger partial charge in [0, 0.05) is 5.39 Å². The number of nitrogens with zero attached hydrogens (tertiary/aromatic N) is 2. The fraction of sp³-hybridized carbons (Fsp3) is 0. The fourth-order valence-electron chi connectivity index (χ4n) is 2.34. The van der Waals surface area contributed by atoms with Crippen molar-refractivity contribution in [3.63, 3.8) is 0 Å². The van der Waals surface area contributed by atoms with Crippen LogP contribution in [0.2, 0.25) is 0 Å². The molecule has 0 aliphatic heterocycles. The van der Waals surface area contributed by atoms with Crippen molar-refractivity contribution in [3.05, 3.63) is 54.6 Å². The lowest BCUT2D eigenvalue weighted by Crippen LogP contribution is -1.87. The Morgan fingerprint density at radius 1 is 0.850 bits per heavy atom. The number of fused-ring (bicyclic) bond motifs is 2. The lowest BCUT2D eigenvalue weighted by Gasteiger charge is -2.02. The van der Waals surface area contributed by atoms with Crippen LogP contribution in [0.4, 0.5) is 0 Å². The number of pyridine rings is 1. The van der Waals surface area contributed by atoms with Crippen LogP contribution in [0.3, 0.4) is 0 Å². The highest BCUT2D eigenvalue weighted by molar-refractivity contribution is 5.86. The van der Waals surface area contributed by atoms with Gasteiger partial charge in [-0.05, 0) is 24.3 Å². The van der Waals surface area contributed by atoms with E-state index in [-0.39, 0.29) is 5.75 Å². The maximum Gasteiger partial charge on any atom is 0.157 e. The molecule has 2 N–H and O–H groups in total. The second kappa shape index (κ2) is 4.06. The SMILES string of the molecule is Oc1cccc2ccc(-c3nc4ccccc4[nH]3)nc12. The van der Waals surface area contributed by atoms with Crippen molar-refractivity contribution in [2.24, 2.45) is 0 Å². The highest BCUT2D eigenvalue weighted by atomic mass is 16.3. The molecule has 2 aromatic heterocycles. The molecule has 0 amide bonds. The van der Waals surface area contributed by atoms with Crippen molar-refractivity contribution in [1.82, 2.24) is 15.0 Å². The standard InChI is InChI=1S/C16H11N3O/c20-14-7-3-4-10-8-9-13(17-15(10)14)16-18-11-5-1-2-6-12(11)19-16/h1-9,20H,(H,18,19). The molecular formula is C16H11N3O. The average molecular weight is 261 g/mol. The van der Waals surface area contributed by atoms with Gasteiger partial charge in [0.2, 0.25) is 0 Å². The highest BCUT2D eigenvalue weighted by Gasteiger charge is 2.08. The smallest absolute Gasteiger partial charge is 0.157 e. The first kappa shape index (κ1) is 11.0. The van der Waals surface area contributed by atoms with Gasteiger partial charge in [-0.3, -0.25) is 0 Å². The number of nitrogens with one attached hydrogen (secondary N) is 1. The monoisotopic (exact) mass is 261 g/mol. The molecule has 96 valence electrons. The predicted octanol–water partition coefficient (Wildman–Crippen LogP) is 3.48. The Bertz CT molecular complexity index is 894. The molecule has 4 rings (SSSR count). The molecule has 4 aromatic rings. The molecule has 0 radical (unpaired) electrons. The number of aromatic nitrogens is 3. The van der Waals surface area contributed by atoms with Gasteiger partial charge in [-0.25, -0.2) is 9.97 Å². The number of rotatable bonds is 1. The van der Waals surface area contributed by atoms with Gasteiger partial charge >= 0.3 is 0 Å². The summed E-state index contributed by atoms with van der Waals surface area (Å²) in [6, 6.07) is 17.0. The zero-order valence-corrected chi connectivity index (χ0v) is 10.5. The van der Waals surface area contributed by atoms with E-state index < -0.39 is 0 Å². The van der Waals surface area contributed by atoms with Crippen molar-refractivity contribution < 1.29 is 5.11 Å². The first-order valence-electron chi connectivity index (χ1n) is 6.35. The van der Waals surface area contributed by atoms with Crippen molar-refractivity contribution in [1.29, 1.82) is 0 Å². The van der Waals surface area contributed by atoms with Gasteiger partial charge in [-0.1, -0.05) is 30.3 Å². The quantitative estimate of drug-likeness (QED) is 0.551. The summed E-state index contributed by atoms with van der Waals surface area (Å²) in [5.41, 5.74) is 3.18. The summed E-state index contributed by atoms with van der Waals surface area (Å²) in [6.07, 6.45) is 0. The van der Waals surface area contributed by atoms with Crippen molar-refractivity contribution in [2.45, 2.75) is 0 Å². The summed E-state index contributed by atoms with van der Waals surface area (Å²) < 4.78 is 0. The van der Waals surface area contributed by atoms with Crippen LogP contribution in [-0.4, -0.2) is 20.1 Å². The molecule has 0 fully saturated rings. The van der Waals surface area contributed by atoms with Gasteiger partial charge in [0.15, 0.2) is 5.82 Å². The van der Waals surface area contributed by atoms with Gasteiger partial charge in [-0.15, -0.1) is 0 Å². The van der Waals surface area contributed by atoms with Crippen LogP contribution in [-0.2, 0) is 0 Å². The van der Waals surface area contributed by atoms with Gasteiger partial charge in [0.1, 0.15) is 17.0 Å². The highest BCUT2D eigenvalue weighted by Crippen LogP contribution is 2.26. The van der Waals surface area contributed by atoms with E-state index in [0.29, 0.717) is 11.3 Å². The zero-order chi connectivity index (χ0) is 13.5. The molecule has 4 nitrogen and oxygen atoms in total. The molecule has 4 heteroatoms. The Labute approximate surface area is 114 Å². The van der Waals surface area contributed by atoms with Crippen molar-refractivity contribution in [2.75, 3.05) is 0 Å². The molecule has 0 aliphatic rings. The molecule has 2 heterocycles. The normalized spacial score (nSPS) is 11.2. The van der Waals surface area contributed by atoms with E-state index in [2.05, 4.69) is 15.0 Å². The molecule has 0 bridgehead atoms. The van der Waals surface area contributed by atoms with Gasteiger partial charge in [-0.2, -0.15) is 0 Å². The molecule has 2 aromatic carbocycles. The number of H-pyrrole nitrogens is 1. The second-order valence-electron chi connectivity index (χ2n) is 4.65. The topological polar surface area (TPSA) is 61.8 Å². The van der Waals surface area contributed by atoms with E-state index in [1.807, 2.05) is 42.5 Å². The number of aromatic hydroxyl groups is 1. The molecule has 0 aliphatic carbocycles. The van der Waals surface area contributed by atoms with Crippen LogP contribution < -0.4 is 0 Å². The minimum atomic E-state index is 0.181. The maximum atomic E-state index is 9.89. The third kappa shape index (κ3) is 1.62. The lowest BCUT2D eigenvalue weighted by molar-refractivity contribution is 0.480. The van der Waals surface area contributed by atoms with E-state index in [1.165, 1.54) is 0 Å². The maximum absolute atomic E-state index is 9.89. The van der Waals surface area contributed by atoms with Crippen LogP contribution in [0.15, 0.2) is 54.6 Å². The zero-order valence-electron chi connectivity index (χ0n) is 10.5. The summed E-state index contributed by atoms with van der Waals surface area (Å²) in [7, 11) is 0. The van der Waals surface area contributed by atoms with E-state index >= 15 is 0 Å². The first-order chi connectivity index (χ1) is 9.81. The van der Waals surface area contributed by atoms with Gasteiger partial charge in [0.05, 0.1) is 11.0 Å². The molecule has 0 atom stereocenters. The van der Waals surface area contributed by atoms with E-state index in [0.717, 1.165) is 22.1 Å². The summed E-state index contributed by atoms with van der Waals surface area (Å²) in [4.78, 5) is 12.3. The Morgan fingerprint density at radius 3 is 2.65 bits per heavy atom. The summed E-state index contributed by atoms with van der Waals surface area (Å²) in [5, 5.41) is 10.8. The number of aromatic amines is 1. The number of benzene rings is 2. The molecule has 0 saturated carbocycles. The van der Waals surface area contributed by atoms with Gasteiger partial charge < -0.3 is 10.1 Å². The third-order valence-corrected chi connectivity index (χ3v) is 3.33. The van der Waals surface area contributed by atoms with Crippen molar-refractivity contribution in [3.8, 4) is 17.3 Å². The van der Waals surface area contributed by atoms with Crippen molar-refractivity contribution >= 4 is 21.9 Å². The minimum absolute atomic E-state index is 0.181. The Morgan fingerprint density at radius 2 is 1.75 bits per heavy atom. The number of imidazole rings is 1. The van der Waals surface area contributed by atoms with Crippen LogP contribution in [0.1, 0.15) is 0 Å². The van der Waals surface area contributed by atoms with Crippen LogP contribution in [0, 0.1) is 0 Å². The summed E-state index contributed by atoms with van der Waals surface area (Å²) >= 11 is 0. The predicted molar refractivity (Wildman–Crippen MR) is 78.5 cm³/mol. The number of hydrogen-bond donors (Lipinski definition) is 2. The average Bonchev–Trinajstić information content (AvgIpc) is 2.91. The number of para-hydroxylation sites is 3. The third-order valence-electron chi connectivity index (χ3n) is 3.33. The number of phenols is 1. The Balaban J connectivity index is 1.95. The molecule has 0 unspecified atom stereocenters. The van der Waals surface area contributed by atoms with E-state index in [4.69, 9.17) is 0 Å². The fourth-order valence-corrected chi connectivity index (χ4v) is 2.34. The molecule has 0 saturated heterocycles. The second-order valence-corrected chi connectivity index (χ2v) is 4.65. The molecule has 0 spiro atoms. The van der Waals surface area contributed by atoms with Gasteiger partial charge in [0.25, 0.3) is 0 Å². The number of hydrogen-bond acceptors (Lipinski definition) is 3. The summed E-state index contributed by atoms with van der Waals surface area (Å²) in [6.45, 7) is 0. The lowest BCUT2D eigenvalue weighted by atomic mass is 10.2. The summed E-state index contributed by atoms with van der Waals surface area (Å²) in [5.74, 6) is 0.886. The van der Waals surface area contributed by atoms with E-state index in [1.54, 1.807) is 12.1 Å².